The SMILES string of the molecule is CC(C)=CCn1c([C@H]2CCC[C@@H](NC(=O)OC(C)(C)C)C2)nc2c1c(=O)n(C)c(=O)n2C. The fraction of sp³-hybridized carbons (Fsp3) is 0.652. The second-order valence-electron chi connectivity index (χ2n) is 9.95. The van der Waals surface area contributed by atoms with Gasteiger partial charge in [-0.15, -0.1) is 0 Å². The number of carbonyl (C=O) groups is 1. The lowest BCUT2D eigenvalue weighted by Gasteiger charge is -2.30. The van der Waals surface area contributed by atoms with E-state index in [4.69, 9.17) is 9.72 Å². The summed E-state index contributed by atoms with van der Waals surface area (Å²) in [5, 5.41) is 2.99. The van der Waals surface area contributed by atoms with E-state index >= 15 is 0 Å². The molecule has 0 unspecified atom stereocenters. The number of aryl methyl sites for hydroxylation is 1. The van der Waals surface area contributed by atoms with Crippen LogP contribution in [-0.4, -0.2) is 36.4 Å². The normalized spacial score (nSPS) is 19.1. The summed E-state index contributed by atoms with van der Waals surface area (Å²) >= 11 is 0. The summed E-state index contributed by atoms with van der Waals surface area (Å²) in [7, 11) is 3.13. The quantitative estimate of drug-likeness (QED) is 0.730. The van der Waals surface area contributed by atoms with Crippen LogP contribution in [0.25, 0.3) is 11.2 Å². The minimum Gasteiger partial charge on any atom is -0.444 e. The van der Waals surface area contributed by atoms with E-state index in [1.54, 1.807) is 7.05 Å². The van der Waals surface area contributed by atoms with Gasteiger partial charge in [0.05, 0.1) is 0 Å². The summed E-state index contributed by atoms with van der Waals surface area (Å²) in [5.41, 5.74) is 0.674. The van der Waals surface area contributed by atoms with E-state index in [2.05, 4.69) is 11.4 Å². The molecule has 176 valence electrons. The van der Waals surface area contributed by atoms with Gasteiger partial charge in [0.2, 0.25) is 0 Å². The third kappa shape index (κ3) is 4.97. The molecular weight excluding hydrogens is 410 g/mol. The average molecular weight is 446 g/mol. The van der Waals surface area contributed by atoms with Crippen LogP contribution in [0, 0.1) is 0 Å². The number of carbonyl (C=O) groups excluding carboxylic acids is 1. The number of ether oxygens (including phenoxy) is 1. The summed E-state index contributed by atoms with van der Waals surface area (Å²) in [6.07, 6.45) is 5.02. The summed E-state index contributed by atoms with van der Waals surface area (Å²) in [6, 6.07) is -0.0352. The Balaban J connectivity index is 2.01. The van der Waals surface area contributed by atoms with Crippen molar-refractivity contribution in [3.63, 3.8) is 0 Å². The van der Waals surface area contributed by atoms with Gasteiger partial charge in [-0.2, -0.15) is 0 Å². The van der Waals surface area contributed by atoms with Gasteiger partial charge in [-0.05, 0) is 53.9 Å². The van der Waals surface area contributed by atoms with E-state index in [1.165, 1.54) is 11.6 Å². The summed E-state index contributed by atoms with van der Waals surface area (Å²) in [5.74, 6) is 0.841. The summed E-state index contributed by atoms with van der Waals surface area (Å²) in [6.45, 7) is 10.0. The Morgan fingerprint density at radius 3 is 2.50 bits per heavy atom. The fourth-order valence-electron chi connectivity index (χ4n) is 4.26. The van der Waals surface area contributed by atoms with Crippen LogP contribution in [0.4, 0.5) is 4.79 Å². The molecule has 0 saturated heterocycles. The molecule has 1 fully saturated rings. The van der Waals surface area contributed by atoms with Gasteiger partial charge < -0.3 is 14.6 Å². The third-order valence-corrected chi connectivity index (χ3v) is 5.82. The Bertz CT molecular complexity index is 1160. The molecule has 2 atom stereocenters. The molecule has 0 radical (unpaired) electrons. The number of imidazole rings is 1. The Hall–Kier alpha value is -2.84. The average Bonchev–Trinajstić information content (AvgIpc) is 3.07. The highest BCUT2D eigenvalue weighted by Gasteiger charge is 2.30. The molecule has 2 aromatic heterocycles. The molecule has 0 spiro atoms. The van der Waals surface area contributed by atoms with E-state index in [9.17, 15) is 14.4 Å². The molecule has 0 aliphatic heterocycles. The molecule has 0 bridgehead atoms. The van der Waals surface area contributed by atoms with Crippen LogP contribution >= 0.6 is 0 Å². The fourth-order valence-corrected chi connectivity index (χ4v) is 4.26. The van der Waals surface area contributed by atoms with Gasteiger partial charge in [0.15, 0.2) is 11.2 Å². The van der Waals surface area contributed by atoms with Crippen molar-refractivity contribution in [1.82, 2.24) is 24.0 Å². The van der Waals surface area contributed by atoms with Crippen molar-refractivity contribution in [3.05, 3.63) is 38.3 Å². The maximum atomic E-state index is 13.0. The van der Waals surface area contributed by atoms with Crippen molar-refractivity contribution in [2.24, 2.45) is 14.1 Å². The van der Waals surface area contributed by atoms with Crippen molar-refractivity contribution in [3.8, 4) is 0 Å². The van der Waals surface area contributed by atoms with Crippen molar-refractivity contribution < 1.29 is 9.53 Å². The zero-order valence-corrected chi connectivity index (χ0v) is 20.2. The first-order valence-electron chi connectivity index (χ1n) is 11.2. The predicted octanol–water partition coefficient (Wildman–Crippen LogP) is 2.95. The van der Waals surface area contributed by atoms with Crippen molar-refractivity contribution in [2.45, 2.75) is 84.4 Å². The van der Waals surface area contributed by atoms with E-state index in [0.717, 1.165) is 35.2 Å². The lowest BCUT2D eigenvalue weighted by molar-refractivity contribution is 0.0490. The van der Waals surface area contributed by atoms with Crippen LogP contribution in [-0.2, 0) is 25.4 Å². The van der Waals surface area contributed by atoms with E-state index < -0.39 is 17.4 Å². The number of hydrogen-bond acceptors (Lipinski definition) is 5. The van der Waals surface area contributed by atoms with Gasteiger partial charge in [0.25, 0.3) is 5.56 Å². The van der Waals surface area contributed by atoms with E-state index in [0.29, 0.717) is 24.1 Å². The zero-order valence-electron chi connectivity index (χ0n) is 20.2. The first kappa shape index (κ1) is 23.8. The van der Waals surface area contributed by atoms with Crippen LogP contribution in [0.15, 0.2) is 21.2 Å². The van der Waals surface area contributed by atoms with E-state index in [-0.39, 0.29) is 17.5 Å². The van der Waals surface area contributed by atoms with Crippen LogP contribution in [0.2, 0.25) is 0 Å². The number of allylic oxidation sites excluding steroid dienone is 2. The molecule has 1 aliphatic carbocycles. The molecule has 0 aromatic carbocycles. The number of fused-ring (bicyclic) bond motifs is 1. The van der Waals surface area contributed by atoms with Crippen molar-refractivity contribution >= 4 is 17.3 Å². The molecule has 1 saturated carbocycles. The molecule has 1 amide bonds. The lowest BCUT2D eigenvalue weighted by Crippen LogP contribution is -2.41. The molecule has 2 heterocycles. The number of aromatic nitrogens is 4. The summed E-state index contributed by atoms with van der Waals surface area (Å²) in [4.78, 5) is 42.5. The van der Waals surface area contributed by atoms with Gasteiger partial charge in [0.1, 0.15) is 11.4 Å². The first-order valence-corrected chi connectivity index (χ1v) is 11.2. The largest absolute Gasteiger partial charge is 0.444 e. The molecule has 9 heteroatoms. The maximum Gasteiger partial charge on any atom is 0.407 e. The topological polar surface area (TPSA) is 100 Å². The number of alkyl carbamates (subject to hydrolysis) is 1. The standard InChI is InChI=1S/C23H35N5O4/c1-14(2)11-12-28-17-19(26(6)22(31)27(7)20(17)29)25-18(28)15-9-8-10-16(13-15)24-21(30)32-23(3,4)5/h11,15-16H,8-10,12-13H2,1-7H3,(H,24,30)/t15-,16+/m0/s1. The van der Waals surface area contributed by atoms with Gasteiger partial charge in [-0.25, -0.2) is 14.6 Å². The molecule has 9 nitrogen and oxygen atoms in total. The Morgan fingerprint density at radius 1 is 1.19 bits per heavy atom. The Kier molecular flexibility index (Phi) is 6.67. The summed E-state index contributed by atoms with van der Waals surface area (Å²) < 4.78 is 9.90. The molecule has 32 heavy (non-hydrogen) atoms. The zero-order chi connectivity index (χ0) is 23.8. The number of nitrogens with one attached hydrogen (secondary N) is 1. The highest BCUT2D eigenvalue weighted by Crippen LogP contribution is 2.34. The van der Waals surface area contributed by atoms with Gasteiger partial charge >= 0.3 is 11.8 Å². The van der Waals surface area contributed by atoms with Crippen LogP contribution < -0.4 is 16.6 Å². The first-order chi connectivity index (χ1) is 14.9. The maximum absolute atomic E-state index is 13.0. The monoisotopic (exact) mass is 445 g/mol. The number of rotatable bonds is 4. The number of hydrogen-bond donors (Lipinski definition) is 1. The highest BCUT2D eigenvalue weighted by atomic mass is 16.6. The van der Waals surface area contributed by atoms with Gasteiger partial charge in [0, 0.05) is 32.6 Å². The number of nitrogens with zero attached hydrogens (tertiary/aromatic N) is 4. The Labute approximate surface area is 188 Å². The van der Waals surface area contributed by atoms with Crippen LogP contribution in [0.5, 0.6) is 0 Å². The molecule has 1 N–H and O–H groups in total. The lowest BCUT2D eigenvalue weighted by atomic mass is 9.85. The second kappa shape index (κ2) is 8.96. The minimum atomic E-state index is -0.554. The second-order valence-corrected chi connectivity index (χ2v) is 9.95. The molecular formula is C23H35N5O4. The minimum absolute atomic E-state index is 0.0352. The number of amides is 1. The van der Waals surface area contributed by atoms with Crippen LogP contribution in [0.3, 0.4) is 0 Å². The third-order valence-electron chi connectivity index (χ3n) is 5.82. The smallest absolute Gasteiger partial charge is 0.407 e. The van der Waals surface area contributed by atoms with E-state index in [1.807, 2.05) is 39.2 Å². The molecule has 3 rings (SSSR count). The Morgan fingerprint density at radius 2 is 1.88 bits per heavy atom. The van der Waals surface area contributed by atoms with Gasteiger partial charge in [-0.1, -0.05) is 18.1 Å². The molecule has 2 aromatic rings. The van der Waals surface area contributed by atoms with Crippen LogP contribution in [0.1, 0.15) is 72.0 Å². The van der Waals surface area contributed by atoms with Crippen molar-refractivity contribution in [1.29, 1.82) is 0 Å². The molecule has 1 aliphatic rings. The van der Waals surface area contributed by atoms with Crippen molar-refractivity contribution in [2.75, 3.05) is 0 Å². The van der Waals surface area contributed by atoms with Gasteiger partial charge in [-0.3, -0.25) is 13.9 Å². The highest BCUT2D eigenvalue weighted by molar-refractivity contribution is 5.71. The predicted molar refractivity (Wildman–Crippen MR) is 124 cm³/mol.